The summed E-state index contributed by atoms with van der Waals surface area (Å²) in [4.78, 5) is 13.0. The second kappa shape index (κ2) is 2.88. The Morgan fingerprint density at radius 1 is 1.00 bits per heavy atom. The number of fused-ring (bicyclic) bond motifs is 2. The minimum atomic E-state index is -0.209. The van der Waals surface area contributed by atoms with Crippen molar-refractivity contribution in [3.8, 4) is 0 Å². The van der Waals surface area contributed by atoms with Crippen LogP contribution in [0, 0.1) is 23.7 Å². The number of likely N-dealkylation sites (tertiary alicyclic amines) is 1. The van der Waals surface area contributed by atoms with Crippen LogP contribution in [-0.2, 0) is 0 Å². The lowest BCUT2D eigenvalue weighted by atomic mass is 9.60. The molecule has 4 fully saturated rings. The number of rotatable bonds is 0. The Labute approximate surface area is 84.6 Å². The number of urea groups is 1. The Morgan fingerprint density at radius 3 is 1.79 bits per heavy atom. The average Bonchev–Trinajstić information content (AvgIpc) is 2.65. The zero-order valence-corrected chi connectivity index (χ0v) is 8.48. The molecular weight excluding hydrogens is 176 g/mol. The third-order valence-electron chi connectivity index (χ3n) is 4.75. The van der Waals surface area contributed by atoms with E-state index in [-0.39, 0.29) is 6.03 Å². The molecule has 0 aromatic heterocycles. The van der Waals surface area contributed by atoms with Gasteiger partial charge in [-0.2, -0.15) is 0 Å². The molecule has 3 heteroatoms. The first-order valence-corrected chi connectivity index (χ1v) is 5.80. The van der Waals surface area contributed by atoms with Crippen molar-refractivity contribution in [1.29, 1.82) is 0 Å². The second-order valence-electron chi connectivity index (χ2n) is 5.25. The number of hydrogen-bond acceptors (Lipinski definition) is 1. The van der Waals surface area contributed by atoms with E-state index in [1.54, 1.807) is 0 Å². The number of primary amides is 1. The summed E-state index contributed by atoms with van der Waals surface area (Å²) in [5.41, 5.74) is 5.35. The second-order valence-corrected chi connectivity index (χ2v) is 5.25. The maximum Gasteiger partial charge on any atom is 0.314 e. The van der Waals surface area contributed by atoms with Crippen LogP contribution in [0.4, 0.5) is 4.79 Å². The van der Waals surface area contributed by atoms with Crippen molar-refractivity contribution in [2.45, 2.75) is 25.7 Å². The molecule has 0 aromatic carbocycles. The van der Waals surface area contributed by atoms with Gasteiger partial charge in [0.1, 0.15) is 0 Å². The summed E-state index contributed by atoms with van der Waals surface area (Å²) >= 11 is 0. The van der Waals surface area contributed by atoms with Crippen LogP contribution in [0.2, 0.25) is 0 Å². The summed E-state index contributed by atoms with van der Waals surface area (Å²) in [6.07, 6.45) is 5.60. The van der Waals surface area contributed by atoms with E-state index in [0.29, 0.717) is 0 Å². The van der Waals surface area contributed by atoms with Gasteiger partial charge in [-0.25, -0.2) is 4.79 Å². The van der Waals surface area contributed by atoms with E-state index in [9.17, 15) is 4.79 Å². The fraction of sp³-hybridized carbons (Fsp3) is 0.909. The molecule has 3 aliphatic carbocycles. The highest BCUT2D eigenvalue weighted by molar-refractivity contribution is 5.72. The SMILES string of the molecule is NC(=O)N1CC2C3CCC(CC3)C2C1. The Morgan fingerprint density at radius 2 is 1.43 bits per heavy atom. The van der Waals surface area contributed by atoms with E-state index < -0.39 is 0 Å². The topological polar surface area (TPSA) is 46.3 Å². The van der Waals surface area contributed by atoms with Crippen molar-refractivity contribution in [1.82, 2.24) is 4.90 Å². The number of carbonyl (C=O) groups is 1. The molecule has 4 rings (SSSR count). The molecule has 3 nitrogen and oxygen atoms in total. The lowest BCUT2D eigenvalue weighted by molar-refractivity contribution is 0.0577. The molecule has 1 heterocycles. The van der Waals surface area contributed by atoms with Crippen LogP contribution >= 0.6 is 0 Å². The van der Waals surface area contributed by atoms with Crippen molar-refractivity contribution in [2.24, 2.45) is 29.4 Å². The van der Waals surface area contributed by atoms with Crippen molar-refractivity contribution in [3.05, 3.63) is 0 Å². The Kier molecular flexibility index (Phi) is 1.76. The first kappa shape index (κ1) is 8.57. The molecule has 4 aliphatic rings. The highest BCUT2D eigenvalue weighted by Gasteiger charge is 2.48. The summed E-state index contributed by atoms with van der Waals surface area (Å²) in [5.74, 6) is 3.37. The minimum absolute atomic E-state index is 0.209. The standard InChI is InChI=1S/C11H18N2O/c12-11(14)13-5-9-7-1-2-8(4-3-7)10(9)6-13/h7-10H,1-6H2,(H2,12,14). The first-order chi connectivity index (χ1) is 6.75. The van der Waals surface area contributed by atoms with Crippen LogP contribution < -0.4 is 5.73 Å². The predicted molar refractivity (Wildman–Crippen MR) is 53.6 cm³/mol. The van der Waals surface area contributed by atoms with Gasteiger partial charge < -0.3 is 10.6 Å². The van der Waals surface area contributed by atoms with Crippen molar-refractivity contribution in [2.75, 3.05) is 13.1 Å². The summed E-state index contributed by atoms with van der Waals surface area (Å²) in [7, 11) is 0. The molecule has 2 atom stereocenters. The van der Waals surface area contributed by atoms with E-state index >= 15 is 0 Å². The van der Waals surface area contributed by atoms with E-state index in [2.05, 4.69) is 0 Å². The number of nitrogens with zero attached hydrogens (tertiary/aromatic N) is 1. The Bertz CT molecular complexity index is 238. The maximum atomic E-state index is 11.1. The quantitative estimate of drug-likeness (QED) is 0.623. The first-order valence-electron chi connectivity index (χ1n) is 5.80. The molecule has 2 bridgehead atoms. The summed E-state index contributed by atoms with van der Waals surface area (Å²) in [5, 5.41) is 0. The molecule has 0 aromatic rings. The van der Waals surface area contributed by atoms with Crippen LogP contribution in [0.3, 0.4) is 0 Å². The predicted octanol–water partition coefficient (Wildman–Crippen LogP) is 1.43. The minimum Gasteiger partial charge on any atom is -0.351 e. The van der Waals surface area contributed by atoms with Crippen LogP contribution in [0.25, 0.3) is 0 Å². The number of carbonyl (C=O) groups excluding carboxylic acids is 1. The van der Waals surface area contributed by atoms with Crippen molar-refractivity contribution in [3.63, 3.8) is 0 Å². The third-order valence-corrected chi connectivity index (χ3v) is 4.75. The molecule has 78 valence electrons. The number of nitrogens with two attached hydrogens (primary N) is 1. The zero-order chi connectivity index (χ0) is 9.71. The number of hydrogen-bond donors (Lipinski definition) is 1. The maximum absolute atomic E-state index is 11.1. The van der Waals surface area contributed by atoms with Gasteiger partial charge in [0.15, 0.2) is 0 Å². The largest absolute Gasteiger partial charge is 0.351 e. The van der Waals surface area contributed by atoms with Gasteiger partial charge in [-0.1, -0.05) is 0 Å². The molecule has 0 radical (unpaired) electrons. The smallest absolute Gasteiger partial charge is 0.314 e. The molecule has 0 spiro atoms. The average molecular weight is 194 g/mol. The van der Waals surface area contributed by atoms with Crippen molar-refractivity contribution < 1.29 is 4.79 Å². The van der Waals surface area contributed by atoms with Crippen LogP contribution in [0.1, 0.15) is 25.7 Å². The van der Waals surface area contributed by atoms with Gasteiger partial charge in [0.2, 0.25) is 0 Å². The van der Waals surface area contributed by atoms with Gasteiger partial charge in [0, 0.05) is 13.1 Å². The summed E-state index contributed by atoms with van der Waals surface area (Å²) in [6, 6.07) is -0.209. The summed E-state index contributed by atoms with van der Waals surface area (Å²) in [6.45, 7) is 1.89. The van der Waals surface area contributed by atoms with Crippen LogP contribution in [0.5, 0.6) is 0 Å². The van der Waals surface area contributed by atoms with E-state index in [1.165, 1.54) is 25.7 Å². The van der Waals surface area contributed by atoms with E-state index in [0.717, 1.165) is 36.8 Å². The Hall–Kier alpha value is -0.730. The lowest BCUT2D eigenvalue weighted by Crippen LogP contribution is -2.38. The molecule has 3 saturated carbocycles. The van der Waals surface area contributed by atoms with Gasteiger partial charge >= 0.3 is 6.03 Å². The molecule has 2 unspecified atom stereocenters. The van der Waals surface area contributed by atoms with E-state index in [1.807, 2.05) is 4.90 Å². The number of amides is 2. The fourth-order valence-electron chi connectivity index (χ4n) is 4.03. The fourth-order valence-corrected chi connectivity index (χ4v) is 4.03. The molecule has 1 saturated heterocycles. The third kappa shape index (κ3) is 1.07. The van der Waals surface area contributed by atoms with Gasteiger partial charge in [-0.15, -0.1) is 0 Å². The lowest BCUT2D eigenvalue weighted by Gasteiger charge is -2.44. The molecular formula is C11H18N2O. The molecule has 14 heavy (non-hydrogen) atoms. The van der Waals surface area contributed by atoms with Crippen molar-refractivity contribution >= 4 is 6.03 Å². The van der Waals surface area contributed by atoms with Crippen LogP contribution in [-0.4, -0.2) is 24.0 Å². The molecule has 2 N–H and O–H groups in total. The highest BCUT2D eigenvalue weighted by atomic mass is 16.2. The monoisotopic (exact) mass is 194 g/mol. The van der Waals surface area contributed by atoms with Crippen LogP contribution in [0.15, 0.2) is 0 Å². The van der Waals surface area contributed by atoms with Gasteiger partial charge in [0.25, 0.3) is 0 Å². The highest BCUT2D eigenvalue weighted by Crippen LogP contribution is 2.51. The van der Waals surface area contributed by atoms with Gasteiger partial charge in [-0.3, -0.25) is 0 Å². The molecule has 2 amide bonds. The van der Waals surface area contributed by atoms with E-state index in [4.69, 9.17) is 5.73 Å². The Balaban J connectivity index is 1.81. The normalized spacial score (nSPS) is 45.3. The summed E-state index contributed by atoms with van der Waals surface area (Å²) < 4.78 is 0. The zero-order valence-electron chi connectivity index (χ0n) is 8.48. The van der Waals surface area contributed by atoms with Gasteiger partial charge in [0.05, 0.1) is 0 Å². The molecule has 1 aliphatic heterocycles. The van der Waals surface area contributed by atoms with Gasteiger partial charge in [-0.05, 0) is 49.4 Å².